The maximum Gasteiger partial charge on any atom is 0.416 e. The monoisotopic (exact) mass is 339 g/mol. The van der Waals surface area contributed by atoms with Gasteiger partial charge in [0.2, 0.25) is 5.91 Å². The average Bonchev–Trinajstić information content (AvgIpc) is 2.92. The number of hydrogen-bond donors (Lipinski definition) is 2. The van der Waals surface area contributed by atoms with E-state index < -0.39 is 29.1 Å². The molecule has 0 aliphatic carbocycles. The quantitative estimate of drug-likeness (QED) is 0.896. The van der Waals surface area contributed by atoms with Gasteiger partial charge < -0.3 is 15.6 Å². The summed E-state index contributed by atoms with van der Waals surface area (Å²) in [6, 6.07) is 7.29. The molecule has 8 heteroatoms. The summed E-state index contributed by atoms with van der Waals surface area (Å²) >= 11 is 0. The van der Waals surface area contributed by atoms with Crippen molar-refractivity contribution in [1.29, 1.82) is 0 Å². The predicted molar refractivity (Wildman–Crippen MR) is 80.9 cm³/mol. The minimum atomic E-state index is -4.57. The van der Waals surface area contributed by atoms with Crippen molar-refractivity contribution in [3.8, 4) is 0 Å². The molecule has 0 saturated heterocycles. The van der Waals surface area contributed by atoms with E-state index in [0.717, 1.165) is 18.2 Å². The number of primary amides is 1. The van der Waals surface area contributed by atoms with Crippen LogP contribution in [0.2, 0.25) is 0 Å². The van der Waals surface area contributed by atoms with Gasteiger partial charge in [0.15, 0.2) is 0 Å². The van der Waals surface area contributed by atoms with Crippen molar-refractivity contribution >= 4 is 11.8 Å². The molecule has 128 valence electrons. The second-order valence-electron chi connectivity index (χ2n) is 5.53. The maximum absolute atomic E-state index is 12.9. The first-order chi connectivity index (χ1) is 11.1. The Bertz CT molecular complexity index is 783. The predicted octanol–water partition coefficient (Wildman–Crippen LogP) is 2.17. The highest BCUT2D eigenvalue weighted by Crippen LogP contribution is 2.32. The molecule has 3 N–H and O–H groups in total. The van der Waals surface area contributed by atoms with E-state index in [2.05, 4.69) is 5.32 Å². The lowest BCUT2D eigenvalue weighted by molar-refractivity contribution is -0.137. The summed E-state index contributed by atoms with van der Waals surface area (Å²) in [5, 5.41) is 2.43. The number of carbonyl (C=O) groups is 2. The fraction of sp³-hybridized carbons (Fsp3) is 0.250. The van der Waals surface area contributed by atoms with Crippen LogP contribution >= 0.6 is 0 Å². The number of alkyl halides is 3. The van der Waals surface area contributed by atoms with Crippen LogP contribution in [0.3, 0.4) is 0 Å². The molecule has 0 saturated carbocycles. The molecule has 0 aliphatic heterocycles. The number of nitrogens with two attached hydrogens (primary N) is 1. The molecule has 0 aliphatic rings. The van der Waals surface area contributed by atoms with Crippen LogP contribution in [0.4, 0.5) is 13.2 Å². The molecule has 0 fully saturated rings. The molecule has 1 aromatic carbocycles. The van der Waals surface area contributed by atoms with E-state index in [0.29, 0.717) is 0 Å². The molecule has 2 amide bonds. The van der Waals surface area contributed by atoms with Crippen LogP contribution in [0.15, 0.2) is 42.6 Å². The van der Waals surface area contributed by atoms with Crippen LogP contribution in [0.1, 0.15) is 28.5 Å². The van der Waals surface area contributed by atoms with E-state index in [4.69, 9.17) is 5.73 Å². The van der Waals surface area contributed by atoms with Crippen molar-refractivity contribution in [3.05, 3.63) is 59.4 Å². The lowest BCUT2D eigenvalue weighted by Gasteiger charge is -2.28. The Kier molecular flexibility index (Phi) is 4.42. The normalized spacial score (nSPS) is 14.0. The Hall–Kier alpha value is -2.77. The summed E-state index contributed by atoms with van der Waals surface area (Å²) in [5.41, 5.74) is 2.84. The van der Waals surface area contributed by atoms with Gasteiger partial charge in [-0.3, -0.25) is 9.59 Å². The number of nitrogens with zero attached hydrogens (tertiary/aromatic N) is 1. The number of rotatable bonds is 4. The highest BCUT2D eigenvalue weighted by atomic mass is 19.4. The zero-order chi connectivity index (χ0) is 18.1. The molecule has 1 atom stereocenters. The Morgan fingerprint density at radius 1 is 1.12 bits per heavy atom. The third-order valence-corrected chi connectivity index (χ3v) is 3.80. The molecule has 0 spiro atoms. The fourth-order valence-electron chi connectivity index (χ4n) is 2.27. The summed E-state index contributed by atoms with van der Waals surface area (Å²) < 4.78 is 40.2. The van der Waals surface area contributed by atoms with Gasteiger partial charge in [0.05, 0.1) is 5.56 Å². The van der Waals surface area contributed by atoms with Crippen LogP contribution in [0, 0.1) is 0 Å². The van der Waals surface area contributed by atoms with Crippen LogP contribution in [0.25, 0.3) is 0 Å². The van der Waals surface area contributed by atoms with Crippen LogP contribution in [-0.4, -0.2) is 16.4 Å². The zero-order valence-corrected chi connectivity index (χ0v) is 13.0. The number of hydrogen-bond acceptors (Lipinski definition) is 2. The highest BCUT2D eigenvalue weighted by Gasteiger charge is 2.38. The van der Waals surface area contributed by atoms with Crippen molar-refractivity contribution in [2.24, 2.45) is 12.8 Å². The Morgan fingerprint density at radius 2 is 1.75 bits per heavy atom. The van der Waals surface area contributed by atoms with Crippen molar-refractivity contribution in [1.82, 2.24) is 9.88 Å². The van der Waals surface area contributed by atoms with Crippen LogP contribution < -0.4 is 11.1 Å². The molecule has 1 aromatic heterocycles. The molecular weight excluding hydrogens is 323 g/mol. The van der Waals surface area contributed by atoms with Crippen LogP contribution in [0.5, 0.6) is 0 Å². The van der Waals surface area contributed by atoms with Gasteiger partial charge in [-0.2, -0.15) is 13.2 Å². The summed E-state index contributed by atoms with van der Waals surface area (Å²) in [6.07, 6.45) is -2.95. The average molecular weight is 339 g/mol. The maximum atomic E-state index is 12.9. The van der Waals surface area contributed by atoms with E-state index in [9.17, 15) is 22.8 Å². The Labute approximate surface area is 136 Å². The van der Waals surface area contributed by atoms with Gasteiger partial charge in [-0.05, 0) is 36.8 Å². The highest BCUT2D eigenvalue weighted by molar-refractivity contribution is 5.98. The fourth-order valence-corrected chi connectivity index (χ4v) is 2.27. The number of aromatic nitrogens is 1. The van der Waals surface area contributed by atoms with E-state index in [1.807, 2.05) is 0 Å². The van der Waals surface area contributed by atoms with Crippen molar-refractivity contribution in [3.63, 3.8) is 0 Å². The van der Waals surface area contributed by atoms with Crippen LogP contribution in [-0.2, 0) is 23.6 Å². The second-order valence-corrected chi connectivity index (χ2v) is 5.53. The number of nitrogens with one attached hydrogen (secondary N) is 1. The SMILES string of the molecule is Cn1cccc1C(=O)N[C@](C)(C(N)=O)c1cccc(C(F)(F)F)c1. The number of aryl methyl sites for hydroxylation is 1. The third kappa shape index (κ3) is 3.27. The van der Waals surface area contributed by atoms with Crippen molar-refractivity contribution in [2.75, 3.05) is 0 Å². The molecule has 1 heterocycles. The molecule has 2 aromatic rings. The summed E-state index contributed by atoms with van der Waals surface area (Å²) in [4.78, 5) is 24.2. The number of amides is 2. The molecule has 0 bridgehead atoms. The Morgan fingerprint density at radius 3 is 2.25 bits per heavy atom. The van der Waals surface area contributed by atoms with E-state index in [1.54, 1.807) is 19.3 Å². The number of benzene rings is 1. The van der Waals surface area contributed by atoms with Gasteiger partial charge in [-0.15, -0.1) is 0 Å². The van der Waals surface area contributed by atoms with E-state index >= 15 is 0 Å². The second kappa shape index (κ2) is 6.03. The summed E-state index contributed by atoms with van der Waals surface area (Å²) in [6.45, 7) is 1.27. The van der Waals surface area contributed by atoms with Gasteiger partial charge >= 0.3 is 6.18 Å². The molecular formula is C16H16F3N3O2. The first-order valence-corrected chi connectivity index (χ1v) is 6.97. The molecule has 2 rings (SSSR count). The van der Waals surface area contributed by atoms with Gasteiger partial charge in [0.1, 0.15) is 11.2 Å². The van der Waals surface area contributed by atoms with Gasteiger partial charge in [0, 0.05) is 13.2 Å². The zero-order valence-electron chi connectivity index (χ0n) is 13.0. The molecule has 0 unspecified atom stereocenters. The first-order valence-electron chi connectivity index (χ1n) is 6.97. The first kappa shape index (κ1) is 17.6. The lowest BCUT2D eigenvalue weighted by atomic mass is 9.89. The van der Waals surface area contributed by atoms with Crippen molar-refractivity contribution in [2.45, 2.75) is 18.6 Å². The largest absolute Gasteiger partial charge is 0.416 e. The van der Waals surface area contributed by atoms with Crippen molar-refractivity contribution < 1.29 is 22.8 Å². The minimum Gasteiger partial charge on any atom is -0.367 e. The van der Waals surface area contributed by atoms with Gasteiger partial charge in [-0.1, -0.05) is 12.1 Å². The standard InChI is InChI=1S/C16H16F3N3O2/c1-15(14(20)24,21-13(23)12-7-4-8-22(12)2)10-5-3-6-11(9-10)16(17,18)19/h3-9H,1-2H3,(H2,20,24)(H,21,23)/t15-/m0/s1. The Balaban J connectivity index is 2.43. The minimum absolute atomic E-state index is 0.0487. The smallest absolute Gasteiger partial charge is 0.367 e. The molecule has 5 nitrogen and oxygen atoms in total. The summed E-state index contributed by atoms with van der Waals surface area (Å²) in [5.74, 6) is -1.59. The number of carbonyl (C=O) groups excluding carboxylic acids is 2. The topological polar surface area (TPSA) is 77.1 Å². The molecule has 0 radical (unpaired) electrons. The summed E-state index contributed by atoms with van der Waals surface area (Å²) in [7, 11) is 1.63. The van der Waals surface area contributed by atoms with Gasteiger partial charge in [0.25, 0.3) is 5.91 Å². The third-order valence-electron chi connectivity index (χ3n) is 3.80. The molecule has 24 heavy (non-hydrogen) atoms. The lowest BCUT2D eigenvalue weighted by Crippen LogP contribution is -2.53. The number of halogens is 3. The van der Waals surface area contributed by atoms with E-state index in [1.165, 1.54) is 23.6 Å². The van der Waals surface area contributed by atoms with Gasteiger partial charge in [-0.25, -0.2) is 0 Å². The van der Waals surface area contributed by atoms with E-state index in [-0.39, 0.29) is 11.3 Å².